The number of nitrogens with zero attached hydrogens (tertiary/aromatic N) is 1. The molecule has 1 aromatic heterocycles. The number of carbonyl (C=O) groups is 1. The van der Waals surface area contributed by atoms with Crippen molar-refractivity contribution in [3.05, 3.63) is 33.9 Å². The zero-order valence-electron chi connectivity index (χ0n) is 12.2. The number of aromatic nitrogens is 1. The molecule has 1 saturated heterocycles. The maximum atomic E-state index is 12.7. The zero-order valence-corrected chi connectivity index (χ0v) is 13.7. The van der Waals surface area contributed by atoms with Crippen molar-refractivity contribution in [2.24, 2.45) is 5.92 Å². The summed E-state index contributed by atoms with van der Waals surface area (Å²) in [7, 11) is 0. The van der Waals surface area contributed by atoms with Gasteiger partial charge in [-0.1, -0.05) is 15.9 Å². The van der Waals surface area contributed by atoms with E-state index < -0.39 is 0 Å². The number of carbonyl (C=O) groups excluding carboxylic acids is 1. The second-order valence-corrected chi connectivity index (χ2v) is 7.39. The summed E-state index contributed by atoms with van der Waals surface area (Å²) in [6.45, 7) is 3.04. The Morgan fingerprint density at radius 1 is 1.43 bits per heavy atom. The van der Waals surface area contributed by atoms with Gasteiger partial charge in [0.25, 0.3) is 0 Å². The molecule has 1 amide bonds. The standard InChI is InChI=1S/C17H19BrN2O/c1-10-14(15-7-12(18)3-5-16(15)19-10)8-17(21)20-9-11-2-4-13(20)6-11/h3,5,7,11,13,19H,2,4,6,8-9H2,1H3. The number of likely N-dealkylation sites (tertiary alicyclic amines) is 1. The number of halogens is 1. The molecule has 1 aliphatic carbocycles. The molecule has 4 rings (SSSR count). The van der Waals surface area contributed by atoms with Gasteiger partial charge in [-0.05, 0) is 55.9 Å². The van der Waals surface area contributed by atoms with E-state index >= 15 is 0 Å². The first-order valence-electron chi connectivity index (χ1n) is 7.68. The molecule has 2 bridgehead atoms. The summed E-state index contributed by atoms with van der Waals surface area (Å²) in [5.41, 5.74) is 3.38. The highest BCUT2D eigenvalue weighted by Gasteiger charge is 2.40. The number of fused-ring (bicyclic) bond motifs is 3. The highest BCUT2D eigenvalue weighted by atomic mass is 79.9. The number of nitrogens with one attached hydrogen (secondary N) is 1. The lowest BCUT2D eigenvalue weighted by Crippen LogP contribution is -2.38. The smallest absolute Gasteiger partial charge is 0.227 e. The van der Waals surface area contributed by atoms with E-state index in [9.17, 15) is 4.79 Å². The van der Waals surface area contributed by atoms with E-state index in [4.69, 9.17) is 0 Å². The van der Waals surface area contributed by atoms with Crippen LogP contribution < -0.4 is 0 Å². The van der Waals surface area contributed by atoms with E-state index in [-0.39, 0.29) is 0 Å². The Kier molecular flexibility index (Phi) is 3.10. The van der Waals surface area contributed by atoms with E-state index in [1.54, 1.807) is 0 Å². The fraction of sp³-hybridized carbons (Fsp3) is 0.471. The molecular formula is C17H19BrN2O. The van der Waals surface area contributed by atoms with Crippen LogP contribution in [-0.4, -0.2) is 28.4 Å². The number of aryl methyl sites for hydroxylation is 1. The Morgan fingerprint density at radius 2 is 2.29 bits per heavy atom. The molecular weight excluding hydrogens is 328 g/mol. The molecule has 2 heterocycles. The van der Waals surface area contributed by atoms with E-state index in [0.717, 1.165) is 33.7 Å². The van der Waals surface area contributed by atoms with Crippen LogP contribution in [0.2, 0.25) is 0 Å². The number of hydrogen-bond donors (Lipinski definition) is 1. The van der Waals surface area contributed by atoms with Gasteiger partial charge in [0.1, 0.15) is 0 Å². The lowest BCUT2D eigenvalue weighted by molar-refractivity contribution is -0.132. The Bertz CT molecular complexity index is 721. The van der Waals surface area contributed by atoms with Crippen molar-refractivity contribution in [1.29, 1.82) is 0 Å². The maximum absolute atomic E-state index is 12.7. The molecule has 0 spiro atoms. The minimum Gasteiger partial charge on any atom is -0.358 e. The first-order chi connectivity index (χ1) is 10.1. The van der Waals surface area contributed by atoms with Crippen LogP contribution in [0.25, 0.3) is 10.9 Å². The largest absolute Gasteiger partial charge is 0.358 e. The molecule has 1 aromatic carbocycles. The summed E-state index contributed by atoms with van der Waals surface area (Å²) in [6.07, 6.45) is 4.26. The fourth-order valence-electron chi connectivity index (χ4n) is 4.07. The summed E-state index contributed by atoms with van der Waals surface area (Å²) in [6, 6.07) is 6.72. The van der Waals surface area contributed by atoms with Crippen molar-refractivity contribution in [2.45, 2.75) is 38.6 Å². The van der Waals surface area contributed by atoms with Gasteiger partial charge >= 0.3 is 0 Å². The molecule has 2 aliphatic rings. The summed E-state index contributed by atoms with van der Waals surface area (Å²) in [5.74, 6) is 1.06. The number of piperidine rings is 1. The van der Waals surface area contributed by atoms with E-state index in [0.29, 0.717) is 18.4 Å². The van der Waals surface area contributed by atoms with Gasteiger partial charge in [0, 0.05) is 33.7 Å². The van der Waals surface area contributed by atoms with Gasteiger partial charge in [-0.15, -0.1) is 0 Å². The van der Waals surface area contributed by atoms with E-state index in [1.807, 2.05) is 6.07 Å². The molecule has 2 aromatic rings. The van der Waals surface area contributed by atoms with Crippen molar-refractivity contribution in [1.82, 2.24) is 9.88 Å². The molecule has 2 atom stereocenters. The lowest BCUT2D eigenvalue weighted by atomic mass is 10.1. The van der Waals surface area contributed by atoms with Crippen LogP contribution in [0, 0.1) is 12.8 Å². The molecule has 3 nitrogen and oxygen atoms in total. The summed E-state index contributed by atoms with van der Waals surface area (Å²) < 4.78 is 1.06. The molecule has 1 N–H and O–H groups in total. The van der Waals surface area contributed by atoms with Gasteiger partial charge < -0.3 is 9.88 Å². The van der Waals surface area contributed by atoms with Crippen LogP contribution in [0.4, 0.5) is 0 Å². The van der Waals surface area contributed by atoms with Gasteiger partial charge in [-0.25, -0.2) is 0 Å². The Balaban J connectivity index is 1.63. The molecule has 4 heteroatoms. The Morgan fingerprint density at radius 3 is 3.00 bits per heavy atom. The maximum Gasteiger partial charge on any atom is 0.227 e. The van der Waals surface area contributed by atoms with Crippen molar-refractivity contribution in [3.63, 3.8) is 0 Å². The molecule has 2 fully saturated rings. The van der Waals surface area contributed by atoms with Crippen LogP contribution in [0.1, 0.15) is 30.5 Å². The molecule has 110 valence electrons. The highest BCUT2D eigenvalue weighted by molar-refractivity contribution is 9.10. The number of rotatable bonds is 2. The van der Waals surface area contributed by atoms with Gasteiger partial charge in [-0.2, -0.15) is 0 Å². The highest BCUT2D eigenvalue weighted by Crippen LogP contribution is 2.38. The number of benzene rings is 1. The number of aromatic amines is 1. The van der Waals surface area contributed by atoms with Crippen molar-refractivity contribution in [3.8, 4) is 0 Å². The van der Waals surface area contributed by atoms with Crippen molar-refractivity contribution < 1.29 is 4.79 Å². The Labute approximate surface area is 132 Å². The summed E-state index contributed by atoms with van der Waals surface area (Å²) in [4.78, 5) is 18.2. The fourth-order valence-corrected chi connectivity index (χ4v) is 4.43. The zero-order chi connectivity index (χ0) is 14.6. The van der Waals surface area contributed by atoms with Crippen molar-refractivity contribution >= 4 is 32.7 Å². The topological polar surface area (TPSA) is 36.1 Å². The molecule has 2 unspecified atom stereocenters. The quantitative estimate of drug-likeness (QED) is 0.882. The average molecular weight is 347 g/mol. The molecule has 1 aliphatic heterocycles. The van der Waals surface area contributed by atoms with E-state index in [2.05, 4.69) is 44.9 Å². The van der Waals surface area contributed by atoms with Crippen LogP contribution in [-0.2, 0) is 11.2 Å². The van der Waals surface area contributed by atoms with Crippen LogP contribution >= 0.6 is 15.9 Å². The van der Waals surface area contributed by atoms with Gasteiger partial charge in [0.05, 0.1) is 6.42 Å². The van der Waals surface area contributed by atoms with Crippen molar-refractivity contribution in [2.75, 3.05) is 6.54 Å². The third-order valence-corrected chi connectivity index (χ3v) is 5.63. The van der Waals surface area contributed by atoms with E-state index in [1.165, 1.54) is 24.6 Å². The number of amides is 1. The lowest BCUT2D eigenvalue weighted by Gasteiger charge is -2.27. The summed E-state index contributed by atoms with van der Waals surface area (Å²) in [5, 5.41) is 1.17. The van der Waals surface area contributed by atoms with Crippen LogP contribution in [0.15, 0.2) is 22.7 Å². The second-order valence-electron chi connectivity index (χ2n) is 6.47. The van der Waals surface area contributed by atoms with Crippen LogP contribution in [0.5, 0.6) is 0 Å². The number of H-pyrrole nitrogens is 1. The predicted octanol–water partition coefficient (Wildman–Crippen LogP) is 3.79. The first kappa shape index (κ1) is 13.4. The second kappa shape index (κ2) is 4.87. The SMILES string of the molecule is Cc1[nH]c2ccc(Br)cc2c1CC(=O)N1CC2CCC1C2. The first-order valence-corrected chi connectivity index (χ1v) is 8.47. The molecule has 21 heavy (non-hydrogen) atoms. The number of hydrogen-bond acceptors (Lipinski definition) is 1. The Hall–Kier alpha value is -1.29. The molecule has 0 radical (unpaired) electrons. The monoisotopic (exact) mass is 346 g/mol. The van der Waals surface area contributed by atoms with Gasteiger partial charge in [0.2, 0.25) is 5.91 Å². The van der Waals surface area contributed by atoms with Gasteiger partial charge in [0.15, 0.2) is 0 Å². The minimum atomic E-state index is 0.297. The normalized spacial score (nSPS) is 24.2. The molecule has 1 saturated carbocycles. The van der Waals surface area contributed by atoms with Crippen LogP contribution in [0.3, 0.4) is 0 Å². The predicted molar refractivity (Wildman–Crippen MR) is 87.3 cm³/mol. The summed E-state index contributed by atoms with van der Waals surface area (Å²) >= 11 is 3.53. The average Bonchev–Trinajstić information content (AvgIpc) is 3.15. The van der Waals surface area contributed by atoms with Gasteiger partial charge in [-0.3, -0.25) is 4.79 Å². The minimum absolute atomic E-state index is 0.297. The third kappa shape index (κ3) is 2.20. The third-order valence-electron chi connectivity index (χ3n) is 5.14.